The maximum absolute atomic E-state index is 13.8. The van der Waals surface area contributed by atoms with Gasteiger partial charge in [0.15, 0.2) is 41.2 Å². The van der Waals surface area contributed by atoms with Crippen LogP contribution in [0.3, 0.4) is 0 Å². The number of fused-ring (bicyclic) bond motifs is 1. The zero-order valence-electron chi connectivity index (χ0n) is 29.2. The Balaban J connectivity index is 1.47. The van der Waals surface area contributed by atoms with Crippen molar-refractivity contribution < 1.29 is 66.4 Å². The van der Waals surface area contributed by atoms with Gasteiger partial charge in [-0.2, -0.15) is 0 Å². The lowest BCUT2D eigenvalue weighted by atomic mass is 10.0. The fourth-order valence-corrected chi connectivity index (χ4v) is 5.80. The van der Waals surface area contributed by atoms with Gasteiger partial charge in [-0.15, -0.1) is 0 Å². The van der Waals surface area contributed by atoms with Gasteiger partial charge in [0.2, 0.25) is 11.5 Å². The van der Waals surface area contributed by atoms with E-state index in [1.54, 1.807) is 13.8 Å². The van der Waals surface area contributed by atoms with Gasteiger partial charge in [-0.25, -0.2) is 9.59 Å². The van der Waals surface area contributed by atoms with E-state index in [9.17, 15) is 9.59 Å². The fraction of sp³-hybridized carbons (Fsp3) is 0.444. The summed E-state index contributed by atoms with van der Waals surface area (Å²) in [6.07, 6.45) is -4.56. The van der Waals surface area contributed by atoms with E-state index in [1.807, 2.05) is 30.3 Å². The topological polar surface area (TPSA) is 145 Å². The van der Waals surface area contributed by atoms with Crippen molar-refractivity contribution in [1.29, 1.82) is 0 Å². The zero-order chi connectivity index (χ0) is 36.0. The molecule has 14 heteroatoms. The summed E-state index contributed by atoms with van der Waals surface area (Å²) in [7, 11) is 8.62. The molecule has 3 aromatic rings. The lowest BCUT2D eigenvalue weighted by Gasteiger charge is -2.30. The molecule has 2 fully saturated rings. The Bertz CT molecular complexity index is 1590. The molecule has 270 valence electrons. The summed E-state index contributed by atoms with van der Waals surface area (Å²) in [5.41, 5.74) is 1.07. The van der Waals surface area contributed by atoms with Crippen molar-refractivity contribution in [3.8, 4) is 34.5 Å². The second-order valence-electron chi connectivity index (χ2n) is 11.7. The largest absolute Gasteiger partial charge is 0.493 e. The quantitative estimate of drug-likeness (QED) is 0.204. The van der Waals surface area contributed by atoms with Crippen LogP contribution >= 0.6 is 0 Å². The lowest BCUT2D eigenvalue weighted by Crippen LogP contribution is -2.46. The van der Waals surface area contributed by atoms with Crippen LogP contribution in [-0.4, -0.2) is 97.7 Å². The molecule has 2 heterocycles. The molecule has 2 aliphatic heterocycles. The molecule has 0 bridgehead atoms. The molecule has 2 saturated heterocycles. The van der Waals surface area contributed by atoms with Crippen LogP contribution in [0.5, 0.6) is 34.5 Å². The normalized spacial score (nSPS) is 21.0. The van der Waals surface area contributed by atoms with Gasteiger partial charge in [0.05, 0.1) is 60.4 Å². The van der Waals surface area contributed by atoms with Crippen molar-refractivity contribution >= 4 is 11.9 Å². The molecule has 14 nitrogen and oxygen atoms in total. The highest BCUT2D eigenvalue weighted by molar-refractivity contribution is 5.92. The van der Waals surface area contributed by atoms with Crippen molar-refractivity contribution in [3.63, 3.8) is 0 Å². The monoisotopic (exact) mass is 698 g/mol. The van der Waals surface area contributed by atoms with Gasteiger partial charge in [0, 0.05) is 0 Å². The van der Waals surface area contributed by atoms with Crippen LogP contribution < -0.4 is 28.4 Å². The van der Waals surface area contributed by atoms with E-state index in [0.29, 0.717) is 11.5 Å². The Kier molecular flexibility index (Phi) is 11.6. The number of carbonyl (C=O) groups excluding carboxylic acids is 2. The lowest BCUT2D eigenvalue weighted by molar-refractivity contribution is -0.232. The van der Waals surface area contributed by atoms with E-state index in [-0.39, 0.29) is 40.7 Å². The molecule has 0 spiro atoms. The number of esters is 2. The third-order valence-corrected chi connectivity index (χ3v) is 8.12. The Labute approximate surface area is 290 Å². The third-order valence-electron chi connectivity index (χ3n) is 8.12. The Morgan fingerprint density at radius 1 is 0.720 bits per heavy atom. The highest BCUT2D eigenvalue weighted by Gasteiger charge is 2.58. The number of carbonyl (C=O) groups is 2. The van der Waals surface area contributed by atoms with Crippen LogP contribution in [0, 0.1) is 0 Å². The van der Waals surface area contributed by atoms with Gasteiger partial charge < -0.3 is 56.8 Å². The van der Waals surface area contributed by atoms with Gasteiger partial charge in [0.25, 0.3) is 0 Å². The Hall–Kier alpha value is -4.76. The van der Waals surface area contributed by atoms with E-state index in [1.165, 1.54) is 66.9 Å². The SMILES string of the molecule is COc1cc(C(=O)OC[C@@H](OC(=O)c2cc(OC)c(OC)c(OC)c2)[C@H]2O[C@@H]3OC(C)(C)O[C@@H]3[C@H]2OCc2ccccc2)cc(OC)c1OC. The summed E-state index contributed by atoms with van der Waals surface area (Å²) in [5, 5.41) is 0. The van der Waals surface area contributed by atoms with E-state index in [4.69, 9.17) is 56.8 Å². The van der Waals surface area contributed by atoms with Crippen molar-refractivity contribution in [2.45, 2.75) is 56.9 Å². The number of rotatable bonds is 15. The Morgan fingerprint density at radius 3 is 1.74 bits per heavy atom. The minimum absolute atomic E-state index is 0.0778. The molecule has 0 radical (unpaired) electrons. The van der Waals surface area contributed by atoms with Crippen molar-refractivity contribution in [2.24, 2.45) is 0 Å². The minimum Gasteiger partial charge on any atom is -0.493 e. The number of benzene rings is 3. The van der Waals surface area contributed by atoms with Gasteiger partial charge in [0.1, 0.15) is 24.9 Å². The number of hydrogen-bond donors (Lipinski definition) is 0. The molecule has 0 unspecified atom stereocenters. The second-order valence-corrected chi connectivity index (χ2v) is 11.7. The number of methoxy groups -OCH3 is 6. The predicted octanol–water partition coefficient (Wildman–Crippen LogP) is 4.58. The molecule has 0 amide bonds. The molecule has 0 aromatic heterocycles. The maximum atomic E-state index is 13.8. The molecule has 0 N–H and O–H groups in total. The standard InChI is InChI=1S/C36H42O14/c1-36(2)49-32-31(45-18-20-12-10-9-11-13-20)30(48-35(32)50-36)27(47-34(38)22-16-25(41-5)29(44-8)26(17-22)42-6)19-46-33(37)21-14-23(39-3)28(43-7)24(15-21)40-4/h9-17,27,30-32,35H,18-19H2,1-8H3/t27-,30-,31+,32-,35-/m1/s1. The van der Waals surface area contributed by atoms with E-state index in [2.05, 4.69) is 0 Å². The molecule has 5 rings (SSSR count). The smallest absolute Gasteiger partial charge is 0.338 e. The zero-order valence-corrected chi connectivity index (χ0v) is 29.2. The van der Waals surface area contributed by atoms with Gasteiger partial charge in [-0.1, -0.05) is 30.3 Å². The maximum Gasteiger partial charge on any atom is 0.338 e. The van der Waals surface area contributed by atoms with E-state index < -0.39 is 55.0 Å². The molecule has 5 atom stereocenters. The van der Waals surface area contributed by atoms with Crippen LogP contribution in [0.15, 0.2) is 54.6 Å². The van der Waals surface area contributed by atoms with Crippen LogP contribution in [-0.2, 0) is 35.0 Å². The summed E-state index contributed by atoms with van der Waals surface area (Å²) >= 11 is 0. The molecular weight excluding hydrogens is 656 g/mol. The van der Waals surface area contributed by atoms with Crippen LogP contribution in [0.2, 0.25) is 0 Å². The molecule has 2 aliphatic rings. The minimum atomic E-state index is -1.21. The molecular formula is C36H42O14. The van der Waals surface area contributed by atoms with Crippen molar-refractivity contribution in [2.75, 3.05) is 49.3 Å². The molecule has 0 saturated carbocycles. The van der Waals surface area contributed by atoms with Crippen molar-refractivity contribution in [3.05, 3.63) is 71.3 Å². The summed E-state index contributed by atoms with van der Waals surface area (Å²) in [4.78, 5) is 27.3. The molecule has 50 heavy (non-hydrogen) atoms. The third kappa shape index (κ3) is 7.83. The first-order valence-corrected chi connectivity index (χ1v) is 15.7. The van der Waals surface area contributed by atoms with E-state index in [0.717, 1.165) is 5.56 Å². The first-order chi connectivity index (χ1) is 24.1. The number of hydrogen-bond acceptors (Lipinski definition) is 14. The van der Waals surface area contributed by atoms with Gasteiger partial charge in [-0.3, -0.25) is 0 Å². The van der Waals surface area contributed by atoms with Crippen molar-refractivity contribution in [1.82, 2.24) is 0 Å². The van der Waals surface area contributed by atoms with Gasteiger partial charge in [-0.05, 0) is 43.7 Å². The van der Waals surface area contributed by atoms with Gasteiger partial charge >= 0.3 is 11.9 Å². The van der Waals surface area contributed by atoms with Crippen LogP contribution in [0.25, 0.3) is 0 Å². The summed E-state index contributed by atoms with van der Waals surface area (Å²) in [6.45, 7) is 3.28. The Morgan fingerprint density at radius 2 is 1.24 bits per heavy atom. The summed E-state index contributed by atoms with van der Waals surface area (Å²) < 4.78 is 69.1. The fourth-order valence-electron chi connectivity index (χ4n) is 5.80. The van der Waals surface area contributed by atoms with Crippen LogP contribution in [0.4, 0.5) is 0 Å². The summed E-state index contributed by atoms with van der Waals surface area (Å²) in [5.74, 6) is -0.931. The predicted molar refractivity (Wildman–Crippen MR) is 175 cm³/mol. The average Bonchev–Trinajstić information content (AvgIpc) is 3.61. The first kappa shape index (κ1) is 36.5. The highest BCUT2D eigenvalue weighted by atomic mass is 16.8. The van der Waals surface area contributed by atoms with Crippen LogP contribution in [0.1, 0.15) is 40.1 Å². The average molecular weight is 699 g/mol. The second kappa shape index (κ2) is 15.9. The first-order valence-electron chi connectivity index (χ1n) is 15.7. The van der Waals surface area contributed by atoms with E-state index >= 15 is 0 Å². The molecule has 0 aliphatic carbocycles. The molecule has 3 aromatic carbocycles. The highest BCUT2D eigenvalue weighted by Crippen LogP contribution is 2.42. The summed E-state index contributed by atoms with van der Waals surface area (Å²) in [6, 6.07) is 15.3. The number of ether oxygens (including phenoxy) is 12.